The van der Waals surface area contributed by atoms with E-state index in [1.165, 1.54) is 0 Å². The van der Waals surface area contributed by atoms with Crippen molar-refractivity contribution in [3.8, 4) is 11.3 Å². The number of aromatic nitrogens is 4. The standard InChI is InChI=1S/C23H21N5O2/c29-23-6-5-19(16-7-10-24-11-8-16)27-28(23)22-15-30-14-21(22)26-13-17-9-12-25-20-4-2-1-3-18(17)20/h1-12,21-22,26H,13-15H2. The maximum Gasteiger partial charge on any atom is 0.267 e. The van der Waals surface area contributed by atoms with Crippen LogP contribution in [0.15, 0.2) is 78.0 Å². The van der Waals surface area contributed by atoms with E-state index in [9.17, 15) is 4.79 Å². The molecule has 7 heteroatoms. The van der Waals surface area contributed by atoms with E-state index in [2.05, 4.69) is 26.4 Å². The van der Waals surface area contributed by atoms with Crippen LogP contribution in [0.5, 0.6) is 0 Å². The molecule has 0 bridgehead atoms. The molecular weight excluding hydrogens is 378 g/mol. The lowest BCUT2D eigenvalue weighted by Crippen LogP contribution is -2.41. The van der Waals surface area contributed by atoms with Crippen LogP contribution in [-0.4, -0.2) is 39.0 Å². The summed E-state index contributed by atoms with van der Waals surface area (Å²) in [6.45, 7) is 1.63. The number of hydrogen-bond acceptors (Lipinski definition) is 6. The summed E-state index contributed by atoms with van der Waals surface area (Å²) >= 11 is 0. The van der Waals surface area contributed by atoms with E-state index in [0.717, 1.165) is 27.7 Å². The number of ether oxygens (including phenoxy) is 1. The Kier molecular flexibility index (Phi) is 5.04. The van der Waals surface area contributed by atoms with Crippen LogP contribution in [-0.2, 0) is 11.3 Å². The second-order valence-electron chi connectivity index (χ2n) is 7.32. The Morgan fingerprint density at radius 1 is 1.00 bits per heavy atom. The van der Waals surface area contributed by atoms with Crippen molar-refractivity contribution in [2.45, 2.75) is 18.6 Å². The van der Waals surface area contributed by atoms with Gasteiger partial charge in [0.2, 0.25) is 0 Å². The summed E-state index contributed by atoms with van der Waals surface area (Å²) in [6.07, 6.45) is 5.26. The molecule has 1 aliphatic rings. The largest absolute Gasteiger partial charge is 0.377 e. The third-order valence-electron chi connectivity index (χ3n) is 5.46. The molecule has 2 atom stereocenters. The molecule has 5 rings (SSSR count). The molecule has 3 aromatic heterocycles. The number of para-hydroxylation sites is 1. The summed E-state index contributed by atoms with van der Waals surface area (Å²) in [5, 5.41) is 9.31. The highest BCUT2D eigenvalue weighted by atomic mass is 16.5. The molecule has 4 heterocycles. The Bertz CT molecular complexity index is 1220. The van der Waals surface area contributed by atoms with Gasteiger partial charge in [0.05, 0.1) is 36.5 Å². The zero-order valence-corrected chi connectivity index (χ0v) is 16.3. The molecule has 2 unspecified atom stereocenters. The lowest BCUT2D eigenvalue weighted by molar-refractivity contribution is 0.181. The minimum Gasteiger partial charge on any atom is -0.377 e. The molecular formula is C23H21N5O2. The fraction of sp³-hybridized carbons (Fsp3) is 0.217. The molecule has 0 aliphatic carbocycles. The number of fused-ring (bicyclic) bond motifs is 1. The summed E-state index contributed by atoms with van der Waals surface area (Å²) in [6, 6.07) is 17.0. The van der Waals surface area contributed by atoms with Crippen LogP contribution in [0.1, 0.15) is 11.6 Å². The Morgan fingerprint density at radius 3 is 2.77 bits per heavy atom. The Balaban J connectivity index is 1.40. The zero-order valence-electron chi connectivity index (χ0n) is 16.3. The minimum absolute atomic E-state index is 0.0187. The highest BCUT2D eigenvalue weighted by Crippen LogP contribution is 2.21. The van der Waals surface area contributed by atoms with Crippen molar-refractivity contribution in [3.63, 3.8) is 0 Å². The van der Waals surface area contributed by atoms with Gasteiger partial charge in [0.15, 0.2) is 0 Å². The quantitative estimate of drug-likeness (QED) is 0.556. The van der Waals surface area contributed by atoms with E-state index < -0.39 is 0 Å². The van der Waals surface area contributed by atoms with Crippen LogP contribution in [0.25, 0.3) is 22.2 Å². The predicted molar refractivity (Wildman–Crippen MR) is 114 cm³/mol. The highest BCUT2D eigenvalue weighted by molar-refractivity contribution is 5.81. The Morgan fingerprint density at radius 2 is 1.87 bits per heavy atom. The molecule has 0 saturated carbocycles. The first kappa shape index (κ1) is 18.6. The van der Waals surface area contributed by atoms with E-state index in [1.54, 1.807) is 29.2 Å². The summed E-state index contributed by atoms with van der Waals surface area (Å²) in [5.74, 6) is 0. The summed E-state index contributed by atoms with van der Waals surface area (Å²) < 4.78 is 7.26. The van der Waals surface area contributed by atoms with Crippen LogP contribution in [0.4, 0.5) is 0 Å². The average Bonchev–Trinajstić information content (AvgIpc) is 3.27. The van der Waals surface area contributed by atoms with Crippen molar-refractivity contribution in [3.05, 3.63) is 89.1 Å². The van der Waals surface area contributed by atoms with Crippen molar-refractivity contribution < 1.29 is 4.74 Å². The number of pyridine rings is 2. The first-order valence-corrected chi connectivity index (χ1v) is 9.93. The number of nitrogens with one attached hydrogen (secondary N) is 1. The summed E-state index contributed by atoms with van der Waals surface area (Å²) in [7, 11) is 0. The van der Waals surface area contributed by atoms with Gasteiger partial charge in [-0.3, -0.25) is 14.8 Å². The van der Waals surface area contributed by atoms with Crippen LogP contribution >= 0.6 is 0 Å². The van der Waals surface area contributed by atoms with Gasteiger partial charge in [-0.1, -0.05) is 18.2 Å². The van der Waals surface area contributed by atoms with E-state index in [-0.39, 0.29) is 17.6 Å². The fourth-order valence-electron chi connectivity index (χ4n) is 3.87. The number of nitrogens with zero attached hydrogens (tertiary/aromatic N) is 4. The zero-order chi connectivity index (χ0) is 20.3. The van der Waals surface area contributed by atoms with Crippen molar-refractivity contribution in [1.29, 1.82) is 0 Å². The van der Waals surface area contributed by atoms with Gasteiger partial charge in [-0.25, -0.2) is 4.68 Å². The Hall–Kier alpha value is -3.42. The van der Waals surface area contributed by atoms with Crippen molar-refractivity contribution in [1.82, 2.24) is 25.1 Å². The summed E-state index contributed by atoms with van der Waals surface area (Å²) in [4.78, 5) is 21.0. The van der Waals surface area contributed by atoms with Crippen LogP contribution in [0.2, 0.25) is 0 Å². The molecule has 1 aliphatic heterocycles. The second kappa shape index (κ2) is 8.14. The fourth-order valence-corrected chi connectivity index (χ4v) is 3.87. The van der Waals surface area contributed by atoms with Gasteiger partial charge in [-0.15, -0.1) is 0 Å². The lowest BCUT2D eigenvalue weighted by Gasteiger charge is -2.21. The SMILES string of the molecule is O=c1ccc(-c2ccncc2)nn1C1COCC1NCc1ccnc2ccccc12. The van der Waals surface area contributed by atoms with Gasteiger partial charge in [-0.2, -0.15) is 5.10 Å². The third-order valence-corrected chi connectivity index (χ3v) is 5.46. The van der Waals surface area contributed by atoms with Crippen LogP contribution < -0.4 is 10.9 Å². The molecule has 0 amide bonds. The first-order valence-electron chi connectivity index (χ1n) is 9.93. The lowest BCUT2D eigenvalue weighted by atomic mass is 10.1. The topological polar surface area (TPSA) is 81.9 Å². The smallest absolute Gasteiger partial charge is 0.267 e. The van der Waals surface area contributed by atoms with Gasteiger partial charge in [0.1, 0.15) is 0 Å². The average molecular weight is 399 g/mol. The maximum atomic E-state index is 12.6. The van der Waals surface area contributed by atoms with Crippen molar-refractivity contribution in [2.75, 3.05) is 13.2 Å². The number of rotatable bonds is 5. The highest BCUT2D eigenvalue weighted by Gasteiger charge is 2.31. The summed E-state index contributed by atoms with van der Waals surface area (Å²) in [5.41, 5.74) is 3.66. The van der Waals surface area contributed by atoms with Gasteiger partial charge < -0.3 is 10.1 Å². The molecule has 1 aromatic carbocycles. The molecule has 1 saturated heterocycles. The van der Waals surface area contributed by atoms with Crippen LogP contribution in [0, 0.1) is 0 Å². The molecule has 4 aromatic rings. The molecule has 150 valence electrons. The van der Waals surface area contributed by atoms with Crippen LogP contribution in [0.3, 0.4) is 0 Å². The van der Waals surface area contributed by atoms with E-state index in [0.29, 0.717) is 19.8 Å². The van der Waals surface area contributed by atoms with Gasteiger partial charge >= 0.3 is 0 Å². The van der Waals surface area contributed by atoms with E-state index in [4.69, 9.17) is 4.74 Å². The molecule has 30 heavy (non-hydrogen) atoms. The molecule has 0 spiro atoms. The second-order valence-corrected chi connectivity index (χ2v) is 7.32. The van der Waals surface area contributed by atoms with E-state index >= 15 is 0 Å². The number of benzene rings is 1. The number of hydrogen-bond donors (Lipinski definition) is 1. The monoisotopic (exact) mass is 399 g/mol. The molecule has 1 N–H and O–H groups in total. The molecule has 7 nitrogen and oxygen atoms in total. The molecule has 1 fully saturated rings. The third kappa shape index (κ3) is 3.60. The maximum absolute atomic E-state index is 12.6. The van der Waals surface area contributed by atoms with Gasteiger partial charge in [0.25, 0.3) is 5.56 Å². The minimum atomic E-state index is -0.174. The normalized spacial score (nSPS) is 18.7. The molecule has 0 radical (unpaired) electrons. The van der Waals surface area contributed by atoms with Gasteiger partial charge in [-0.05, 0) is 35.9 Å². The van der Waals surface area contributed by atoms with Crippen molar-refractivity contribution in [2.24, 2.45) is 0 Å². The Labute approximate surface area is 173 Å². The van der Waals surface area contributed by atoms with Gasteiger partial charge in [0, 0.05) is 42.2 Å². The predicted octanol–water partition coefficient (Wildman–Crippen LogP) is 2.58. The first-order chi connectivity index (χ1) is 14.8. The van der Waals surface area contributed by atoms with E-state index in [1.807, 2.05) is 42.6 Å². The van der Waals surface area contributed by atoms with Crippen molar-refractivity contribution >= 4 is 10.9 Å².